The van der Waals surface area contributed by atoms with Crippen molar-refractivity contribution in [2.45, 2.75) is 44.9 Å². The fourth-order valence-corrected chi connectivity index (χ4v) is 4.21. The lowest BCUT2D eigenvalue weighted by Crippen LogP contribution is -2.31. The SMILES string of the molecule is CCn1c(SCC(=O)N[C@H](CC(C)C)c2ccccc2)nc2ccccc2c1=O. The van der Waals surface area contributed by atoms with E-state index in [1.54, 1.807) is 10.6 Å². The summed E-state index contributed by atoms with van der Waals surface area (Å²) < 4.78 is 1.63. The Hall–Kier alpha value is -2.60. The zero-order valence-corrected chi connectivity index (χ0v) is 17.9. The number of amides is 1. The summed E-state index contributed by atoms with van der Waals surface area (Å²) in [7, 11) is 0. The van der Waals surface area contributed by atoms with Crippen molar-refractivity contribution in [2.24, 2.45) is 5.92 Å². The topological polar surface area (TPSA) is 64.0 Å². The van der Waals surface area contributed by atoms with Gasteiger partial charge in [0.15, 0.2) is 5.16 Å². The Kier molecular flexibility index (Phi) is 7.09. The number of carbonyl (C=O) groups excluding carboxylic acids is 1. The summed E-state index contributed by atoms with van der Waals surface area (Å²) >= 11 is 1.30. The minimum Gasteiger partial charge on any atom is -0.349 e. The van der Waals surface area contributed by atoms with E-state index in [0.29, 0.717) is 28.5 Å². The van der Waals surface area contributed by atoms with E-state index < -0.39 is 0 Å². The van der Waals surface area contributed by atoms with Crippen molar-refractivity contribution >= 4 is 28.6 Å². The van der Waals surface area contributed by atoms with E-state index in [1.807, 2.05) is 55.5 Å². The minimum atomic E-state index is -0.0667. The third-order valence-corrected chi connectivity index (χ3v) is 5.70. The number of para-hydroxylation sites is 1. The summed E-state index contributed by atoms with van der Waals surface area (Å²) in [5.74, 6) is 0.613. The van der Waals surface area contributed by atoms with Gasteiger partial charge in [-0.1, -0.05) is 68.1 Å². The molecule has 0 fully saturated rings. The molecule has 0 spiro atoms. The van der Waals surface area contributed by atoms with Crippen molar-refractivity contribution in [3.63, 3.8) is 0 Å². The molecule has 3 rings (SSSR count). The van der Waals surface area contributed by atoms with Gasteiger partial charge < -0.3 is 5.32 Å². The second-order valence-electron chi connectivity index (χ2n) is 7.41. The fourth-order valence-electron chi connectivity index (χ4n) is 3.34. The molecule has 152 valence electrons. The summed E-state index contributed by atoms with van der Waals surface area (Å²) in [5, 5.41) is 4.33. The average Bonchev–Trinajstić information content (AvgIpc) is 2.72. The molecule has 0 bridgehead atoms. The van der Waals surface area contributed by atoms with Crippen molar-refractivity contribution in [1.82, 2.24) is 14.9 Å². The Morgan fingerprint density at radius 3 is 2.48 bits per heavy atom. The van der Waals surface area contributed by atoms with Crippen LogP contribution in [0, 0.1) is 5.92 Å². The van der Waals surface area contributed by atoms with E-state index in [2.05, 4.69) is 24.1 Å². The number of hydrogen-bond acceptors (Lipinski definition) is 4. The van der Waals surface area contributed by atoms with E-state index in [4.69, 9.17) is 0 Å². The molecule has 0 radical (unpaired) electrons. The second kappa shape index (κ2) is 9.74. The van der Waals surface area contributed by atoms with Crippen LogP contribution in [0.15, 0.2) is 64.5 Å². The number of carbonyl (C=O) groups is 1. The fraction of sp³-hybridized carbons (Fsp3) is 0.348. The lowest BCUT2D eigenvalue weighted by Gasteiger charge is -2.21. The van der Waals surface area contributed by atoms with Gasteiger partial charge in [-0.2, -0.15) is 0 Å². The highest BCUT2D eigenvalue weighted by molar-refractivity contribution is 7.99. The number of aromatic nitrogens is 2. The molecule has 6 heteroatoms. The predicted octanol–water partition coefficient (Wildman–Crippen LogP) is 4.41. The van der Waals surface area contributed by atoms with Crippen LogP contribution in [-0.4, -0.2) is 21.2 Å². The van der Waals surface area contributed by atoms with E-state index in [0.717, 1.165) is 12.0 Å². The Morgan fingerprint density at radius 2 is 1.79 bits per heavy atom. The molecule has 1 heterocycles. The van der Waals surface area contributed by atoms with Crippen LogP contribution in [0.25, 0.3) is 10.9 Å². The molecule has 0 aliphatic carbocycles. The maximum atomic E-state index is 12.7. The summed E-state index contributed by atoms with van der Waals surface area (Å²) in [6, 6.07) is 17.3. The summed E-state index contributed by atoms with van der Waals surface area (Å²) in [6.07, 6.45) is 0.869. The molecule has 0 aliphatic rings. The van der Waals surface area contributed by atoms with Crippen molar-refractivity contribution in [1.29, 1.82) is 0 Å². The quantitative estimate of drug-likeness (QED) is 0.442. The summed E-state index contributed by atoms with van der Waals surface area (Å²) in [4.78, 5) is 30.0. The van der Waals surface area contributed by atoms with Crippen LogP contribution in [0.1, 0.15) is 38.8 Å². The van der Waals surface area contributed by atoms with Gasteiger partial charge in [-0.05, 0) is 37.0 Å². The van der Waals surface area contributed by atoms with Crippen molar-refractivity contribution < 1.29 is 4.79 Å². The predicted molar refractivity (Wildman–Crippen MR) is 119 cm³/mol. The molecule has 29 heavy (non-hydrogen) atoms. The summed E-state index contributed by atoms with van der Waals surface area (Å²) in [5.41, 5.74) is 1.70. The number of benzene rings is 2. The number of hydrogen-bond donors (Lipinski definition) is 1. The van der Waals surface area contributed by atoms with E-state index in [-0.39, 0.29) is 23.3 Å². The Balaban J connectivity index is 1.75. The van der Waals surface area contributed by atoms with Gasteiger partial charge in [-0.15, -0.1) is 0 Å². The Labute approximate surface area is 175 Å². The number of fused-ring (bicyclic) bond motifs is 1. The van der Waals surface area contributed by atoms with Crippen LogP contribution in [0.2, 0.25) is 0 Å². The molecule has 1 amide bonds. The van der Waals surface area contributed by atoms with Crippen LogP contribution in [0.5, 0.6) is 0 Å². The van der Waals surface area contributed by atoms with E-state index >= 15 is 0 Å². The summed E-state index contributed by atoms with van der Waals surface area (Å²) in [6.45, 7) is 6.72. The number of nitrogens with one attached hydrogen (secondary N) is 1. The molecule has 0 unspecified atom stereocenters. The molecule has 1 atom stereocenters. The third kappa shape index (κ3) is 5.26. The highest BCUT2D eigenvalue weighted by Gasteiger charge is 2.17. The van der Waals surface area contributed by atoms with Crippen LogP contribution in [0.4, 0.5) is 0 Å². The smallest absolute Gasteiger partial charge is 0.262 e. The zero-order valence-electron chi connectivity index (χ0n) is 17.1. The standard InChI is InChI=1S/C23H27N3O2S/c1-4-26-22(28)18-12-8-9-13-19(18)25-23(26)29-15-21(27)24-20(14-16(2)3)17-10-6-5-7-11-17/h5-13,16,20H,4,14-15H2,1-3H3,(H,24,27)/t20-/m1/s1. The van der Waals surface area contributed by atoms with Gasteiger partial charge in [0.05, 0.1) is 22.7 Å². The first kappa shape index (κ1) is 21.1. The molecule has 2 aromatic carbocycles. The first-order chi connectivity index (χ1) is 14.0. The molecule has 0 saturated heterocycles. The van der Waals surface area contributed by atoms with Crippen molar-refractivity contribution in [3.8, 4) is 0 Å². The first-order valence-corrected chi connectivity index (χ1v) is 10.9. The van der Waals surface area contributed by atoms with Gasteiger partial charge in [0.2, 0.25) is 5.91 Å². The largest absolute Gasteiger partial charge is 0.349 e. The molecule has 0 aliphatic heterocycles. The molecular weight excluding hydrogens is 382 g/mol. The lowest BCUT2D eigenvalue weighted by molar-refractivity contribution is -0.119. The number of thioether (sulfide) groups is 1. The first-order valence-electron chi connectivity index (χ1n) is 9.96. The highest BCUT2D eigenvalue weighted by atomic mass is 32.2. The van der Waals surface area contributed by atoms with Crippen LogP contribution < -0.4 is 10.9 Å². The van der Waals surface area contributed by atoms with Crippen LogP contribution in [0.3, 0.4) is 0 Å². The molecule has 0 saturated carbocycles. The van der Waals surface area contributed by atoms with Crippen molar-refractivity contribution in [2.75, 3.05) is 5.75 Å². The average molecular weight is 410 g/mol. The third-order valence-electron chi connectivity index (χ3n) is 4.72. The van der Waals surface area contributed by atoms with E-state index in [1.165, 1.54) is 11.8 Å². The second-order valence-corrected chi connectivity index (χ2v) is 8.35. The monoisotopic (exact) mass is 409 g/mol. The maximum absolute atomic E-state index is 12.7. The number of rotatable bonds is 8. The van der Waals surface area contributed by atoms with Crippen molar-refractivity contribution in [3.05, 3.63) is 70.5 Å². The Bertz CT molecular complexity index is 1030. The van der Waals surface area contributed by atoms with Crippen LogP contribution in [-0.2, 0) is 11.3 Å². The van der Waals surface area contributed by atoms with Gasteiger partial charge in [0, 0.05) is 6.54 Å². The van der Waals surface area contributed by atoms with Gasteiger partial charge in [-0.25, -0.2) is 4.98 Å². The van der Waals surface area contributed by atoms with Crippen LogP contribution >= 0.6 is 11.8 Å². The minimum absolute atomic E-state index is 0.0257. The van der Waals surface area contributed by atoms with Gasteiger partial charge in [0.25, 0.3) is 5.56 Å². The van der Waals surface area contributed by atoms with Gasteiger partial charge in [0.1, 0.15) is 0 Å². The molecule has 5 nitrogen and oxygen atoms in total. The molecule has 1 aromatic heterocycles. The lowest BCUT2D eigenvalue weighted by atomic mass is 9.97. The van der Waals surface area contributed by atoms with Gasteiger partial charge >= 0.3 is 0 Å². The van der Waals surface area contributed by atoms with Gasteiger partial charge in [-0.3, -0.25) is 14.2 Å². The maximum Gasteiger partial charge on any atom is 0.262 e. The Morgan fingerprint density at radius 1 is 1.10 bits per heavy atom. The zero-order chi connectivity index (χ0) is 20.8. The normalized spacial score (nSPS) is 12.3. The van der Waals surface area contributed by atoms with E-state index in [9.17, 15) is 9.59 Å². The number of nitrogens with zero attached hydrogens (tertiary/aromatic N) is 2. The highest BCUT2D eigenvalue weighted by Crippen LogP contribution is 2.22. The molecular formula is C23H27N3O2S. The molecule has 3 aromatic rings. The molecule has 1 N–H and O–H groups in total.